The zero-order valence-electron chi connectivity index (χ0n) is 13.4. The van der Waals surface area contributed by atoms with Crippen LogP contribution in [0.3, 0.4) is 0 Å². The smallest absolute Gasteiger partial charge is 0.239 e. The first kappa shape index (κ1) is 16.5. The number of carbonyl (C=O) groups excluding carboxylic acids is 2. The van der Waals surface area contributed by atoms with Gasteiger partial charge in [0.15, 0.2) is 0 Å². The van der Waals surface area contributed by atoms with E-state index in [4.69, 9.17) is 11.6 Å². The highest BCUT2D eigenvalue weighted by molar-refractivity contribution is 6.30. The van der Waals surface area contributed by atoms with E-state index in [1.165, 1.54) is 0 Å². The van der Waals surface area contributed by atoms with Crippen molar-refractivity contribution >= 4 is 29.1 Å². The molecule has 0 spiro atoms. The molecule has 1 N–H and O–H groups in total. The first-order valence-corrected chi connectivity index (χ1v) is 8.36. The lowest BCUT2D eigenvalue weighted by atomic mass is 10.0. The van der Waals surface area contributed by atoms with Crippen molar-refractivity contribution < 1.29 is 9.59 Å². The SMILES string of the molecule is C[C@H](NC(=O)[C@@H]1CCN(c2ccc(Cl)cc2)C1=O)c1ccccc1. The van der Waals surface area contributed by atoms with Gasteiger partial charge in [-0.3, -0.25) is 9.59 Å². The van der Waals surface area contributed by atoms with E-state index in [2.05, 4.69) is 5.32 Å². The summed E-state index contributed by atoms with van der Waals surface area (Å²) in [4.78, 5) is 26.7. The van der Waals surface area contributed by atoms with Crippen LogP contribution in [0, 0.1) is 5.92 Å². The van der Waals surface area contributed by atoms with Gasteiger partial charge >= 0.3 is 0 Å². The highest BCUT2D eigenvalue weighted by Crippen LogP contribution is 2.27. The Hall–Kier alpha value is -2.33. The molecule has 1 aliphatic rings. The Morgan fingerprint density at radius 1 is 1.17 bits per heavy atom. The molecule has 1 saturated heterocycles. The van der Waals surface area contributed by atoms with Crippen molar-refractivity contribution in [3.05, 3.63) is 65.2 Å². The van der Waals surface area contributed by atoms with Crippen LogP contribution in [0.15, 0.2) is 54.6 Å². The summed E-state index contributed by atoms with van der Waals surface area (Å²) in [5.41, 5.74) is 1.79. The van der Waals surface area contributed by atoms with Crippen molar-refractivity contribution in [2.24, 2.45) is 5.92 Å². The zero-order valence-corrected chi connectivity index (χ0v) is 14.2. The number of anilines is 1. The van der Waals surface area contributed by atoms with Crippen LogP contribution in [0.4, 0.5) is 5.69 Å². The fraction of sp³-hybridized carbons (Fsp3) is 0.263. The van der Waals surface area contributed by atoms with Gasteiger partial charge in [-0.25, -0.2) is 0 Å². The van der Waals surface area contributed by atoms with Crippen LogP contribution in [-0.4, -0.2) is 18.4 Å². The first-order chi connectivity index (χ1) is 11.6. The number of benzene rings is 2. The Labute approximate surface area is 146 Å². The Bertz CT molecular complexity index is 731. The predicted octanol–water partition coefficient (Wildman–Crippen LogP) is 3.57. The molecule has 0 aromatic heterocycles. The van der Waals surface area contributed by atoms with Crippen LogP contribution < -0.4 is 10.2 Å². The van der Waals surface area contributed by atoms with E-state index in [0.29, 0.717) is 18.0 Å². The molecule has 124 valence electrons. The normalized spacial score (nSPS) is 18.5. The third-order valence-corrected chi connectivity index (χ3v) is 4.57. The molecule has 2 atom stereocenters. The van der Waals surface area contributed by atoms with Gasteiger partial charge in [0.05, 0.1) is 6.04 Å². The van der Waals surface area contributed by atoms with Crippen LogP contribution in [0.1, 0.15) is 24.9 Å². The van der Waals surface area contributed by atoms with Crippen molar-refractivity contribution in [3.8, 4) is 0 Å². The monoisotopic (exact) mass is 342 g/mol. The summed E-state index contributed by atoms with van der Waals surface area (Å²) in [7, 11) is 0. The molecule has 4 nitrogen and oxygen atoms in total. The molecule has 3 rings (SSSR count). The van der Waals surface area contributed by atoms with E-state index in [1.807, 2.05) is 37.3 Å². The lowest BCUT2D eigenvalue weighted by molar-refractivity contribution is -0.132. The maximum atomic E-state index is 12.6. The second kappa shape index (κ2) is 7.05. The number of carbonyl (C=O) groups is 2. The molecule has 5 heteroatoms. The minimum atomic E-state index is -0.633. The standard InChI is InChI=1S/C19H19ClN2O2/c1-13(14-5-3-2-4-6-14)21-18(23)17-11-12-22(19(17)24)16-9-7-15(20)8-10-16/h2-10,13,17H,11-12H2,1H3,(H,21,23)/t13-,17-/m0/s1. The van der Waals surface area contributed by atoms with Gasteiger partial charge in [-0.15, -0.1) is 0 Å². The van der Waals surface area contributed by atoms with Crippen molar-refractivity contribution in [3.63, 3.8) is 0 Å². The Morgan fingerprint density at radius 3 is 2.50 bits per heavy atom. The molecular formula is C19H19ClN2O2. The number of hydrogen-bond acceptors (Lipinski definition) is 2. The van der Waals surface area contributed by atoms with Crippen LogP contribution in [0.25, 0.3) is 0 Å². The molecule has 0 radical (unpaired) electrons. The number of rotatable bonds is 4. The number of nitrogens with zero attached hydrogens (tertiary/aromatic N) is 1. The van der Waals surface area contributed by atoms with Gasteiger partial charge < -0.3 is 10.2 Å². The lowest BCUT2D eigenvalue weighted by Crippen LogP contribution is -2.38. The molecule has 2 aromatic rings. The summed E-state index contributed by atoms with van der Waals surface area (Å²) in [6.07, 6.45) is 0.523. The molecule has 2 amide bonds. The van der Waals surface area contributed by atoms with Crippen LogP contribution >= 0.6 is 11.6 Å². The third-order valence-electron chi connectivity index (χ3n) is 4.32. The van der Waals surface area contributed by atoms with Crippen molar-refractivity contribution in [1.82, 2.24) is 5.32 Å². The van der Waals surface area contributed by atoms with Crippen molar-refractivity contribution in [2.75, 3.05) is 11.4 Å². The molecule has 1 fully saturated rings. The van der Waals surface area contributed by atoms with Gasteiger partial charge in [0.2, 0.25) is 11.8 Å². The van der Waals surface area contributed by atoms with E-state index in [9.17, 15) is 9.59 Å². The Kier molecular flexibility index (Phi) is 4.86. The molecule has 0 aliphatic carbocycles. The largest absolute Gasteiger partial charge is 0.349 e. The van der Waals surface area contributed by atoms with Gasteiger partial charge in [-0.05, 0) is 43.2 Å². The fourth-order valence-electron chi connectivity index (χ4n) is 2.94. The second-order valence-electron chi connectivity index (χ2n) is 5.95. The molecule has 0 unspecified atom stereocenters. The highest BCUT2D eigenvalue weighted by Gasteiger charge is 2.37. The number of hydrogen-bond donors (Lipinski definition) is 1. The predicted molar refractivity (Wildman–Crippen MR) is 94.9 cm³/mol. The molecule has 2 aromatic carbocycles. The molecule has 0 bridgehead atoms. The molecule has 1 aliphatic heterocycles. The van der Waals surface area contributed by atoms with Gasteiger partial charge in [0.25, 0.3) is 0 Å². The van der Waals surface area contributed by atoms with Gasteiger partial charge in [-0.2, -0.15) is 0 Å². The molecule has 24 heavy (non-hydrogen) atoms. The number of nitrogens with one attached hydrogen (secondary N) is 1. The van der Waals surface area contributed by atoms with E-state index in [0.717, 1.165) is 11.3 Å². The molecular weight excluding hydrogens is 324 g/mol. The van der Waals surface area contributed by atoms with E-state index in [-0.39, 0.29) is 17.9 Å². The van der Waals surface area contributed by atoms with Gasteiger partial charge in [0.1, 0.15) is 5.92 Å². The molecule has 1 heterocycles. The van der Waals surface area contributed by atoms with Crippen LogP contribution in [0.2, 0.25) is 5.02 Å². The average Bonchev–Trinajstić information content (AvgIpc) is 2.98. The maximum absolute atomic E-state index is 12.6. The summed E-state index contributed by atoms with van der Waals surface area (Å²) >= 11 is 5.88. The summed E-state index contributed by atoms with van der Waals surface area (Å²) in [6.45, 7) is 2.46. The van der Waals surface area contributed by atoms with Crippen molar-refractivity contribution in [1.29, 1.82) is 0 Å². The summed E-state index contributed by atoms with van der Waals surface area (Å²) < 4.78 is 0. The topological polar surface area (TPSA) is 49.4 Å². The summed E-state index contributed by atoms with van der Waals surface area (Å²) in [6, 6.07) is 16.7. The zero-order chi connectivity index (χ0) is 17.1. The van der Waals surface area contributed by atoms with Crippen molar-refractivity contribution in [2.45, 2.75) is 19.4 Å². The lowest BCUT2D eigenvalue weighted by Gasteiger charge is -2.19. The second-order valence-corrected chi connectivity index (χ2v) is 6.38. The number of halogens is 1. The van der Waals surface area contributed by atoms with Crippen LogP contribution in [0.5, 0.6) is 0 Å². The first-order valence-electron chi connectivity index (χ1n) is 7.98. The minimum absolute atomic E-state index is 0.129. The Morgan fingerprint density at radius 2 is 1.83 bits per heavy atom. The average molecular weight is 343 g/mol. The minimum Gasteiger partial charge on any atom is -0.349 e. The van der Waals surface area contributed by atoms with E-state index in [1.54, 1.807) is 29.2 Å². The summed E-state index contributed by atoms with van der Waals surface area (Å²) in [5, 5.41) is 3.56. The Balaban J connectivity index is 1.66. The van der Waals surface area contributed by atoms with Gasteiger partial charge in [-0.1, -0.05) is 41.9 Å². The summed E-state index contributed by atoms with van der Waals surface area (Å²) in [5.74, 6) is -1.00. The highest BCUT2D eigenvalue weighted by atomic mass is 35.5. The van der Waals surface area contributed by atoms with Gasteiger partial charge in [0, 0.05) is 17.3 Å². The molecule has 0 saturated carbocycles. The fourth-order valence-corrected chi connectivity index (χ4v) is 3.07. The van der Waals surface area contributed by atoms with Crippen LogP contribution in [-0.2, 0) is 9.59 Å². The number of amides is 2. The maximum Gasteiger partial charge on any atom is 0.239 e. The quantitative estimate of drug-likeness (QED) is 0.863. The van der Waals surface area contributed by atoms with E-state index < -0.39 is 5.92 Å². The third kappa shape index (κ3) is 3.44. The van der Waals surface area contributed by atoms with E-state index >= 15 is 0 Å².